The molecule has 2 N–H and O–H groups in total. The molecule has 6 heteroatoms. The standard InChI is InChI=1S/C15H20N4OS/c16-12-3-4-15(20-10-9-18-7-1-2-8-18)13(11-12)14-5-6-17-19(14)21/h3-6,11,21H,1-2,7-10,16H2. The molecule has 1 fully saturated rings. The smallest absolute Gasteiger partial charge is 0.128 e. The Morgan fingerprint density at radius 2 is 2.05 bits per heavy atom. The molecule has 0 atom stereocenters. The topological polar surface area (TPSA) is 56.3 Å². The van der Waals surface area contributed by atoms with E-state index in [4.69, 9.17) is 10.5 Å². The molecule has 112 valence electrons. The highest BCUT2D eigenvalue weighted by Crippen LogP contribution is 2.32. The molecule has 0 radical (unpaired) electrons. The molecular weight excluding hydrogens is 284 g/mol. The van der Waals surface area contributed by atoms with E-state index >= 15 is 0 Å². The maximum atomic E-state index is 5.96. The Morgan fingerprint density at radius 1 is 1.24 bits per heavy atom. The first-order valence-electron chi connectivity index (χ1n) is 7.22. The number of aromatic nitrogens is 2. The van der Waals surface area contributed by atoms with Crippen LogP contribution < -0.4 is 10.5 Å². The largest absolute Gasteiger partial charge is 0.492 e. The lowest BCUT2D eigenvalue weighted by Crippen LogP contribution is -2.25. The van der Waals surface area contributed by atoms with Crippen molar-refractivity contribution in [3.05, 3.63) is 30.5 Å². The summed E-state index contributed by atoms with van der Waals surface area (Å²) in [5.74, 6) is 0.819. The molecule has 0 saturated carbocycles. The SMILES string of the molecule is Nc1ccc(OCCN2CCCC2)c(-c2ccnn2S)c1. The second-order valence-corrected chi connectivity index (χ2v) is 5.64. The Labute approximate surface area is 130 Å². The van der Waals surface area contributed by atoms with Crippen LogP contribution in [0.1, 0.15) is 12.8 Å². The average Bonchev–Trinajstić information content (AvgIpc) is 3.12. The third-order valence-corrected chi connectivity index (χ3v) is 4.09. The molecule has 0 amide bonds. The van der Waals surface area contributed by atoms with Crippen LogP contribution in [0.3, 0.4) is 0 Å². The summed E-state index contributed by atoms with van der Waals surface area (Å²) in [6.07, 6.45) is 4.30. The lowest BCUT2D eigenvalue weighted by atomic mass is 10.1. The van der Waals surface area contributed by atoms with Crippen molar-refractivity contribution >= 4 is 18.5 Å². The van der Waals surface area contributed by atoms with Crippen molar-refractivity contribution in [2.75, 3.05) is 32.0 Å². The fourth-order valence-corrected chi connectivity index (χ4v) is 2.89. The van der Waals surface area contributed by atoms with E-state index in [2.05, 4.69) is 22.8 Å². The number of hydrogen-bond donors (Lipinski definition) is 2. The van der Waals surface area contributed by atoms with Crippen LogP contribution in [-0.2, 0) is 0 Å². The van der Waals surface area contributed by atoms with E-state index in [1.807, 2.05) is 24.3 Å². The summed E-state index contributed by atoms with van der Waals surface area (Å²) in [5.41, 5.74) is 8.39. The number of nitrogens with zero attached hydrogens (tertiary/aromatic N) is 3. The number of nitrogens with two attached hydrogens (primary N) is 1. The van der Waals surface area contributed by atoms with Gasteiger partial charge in [0.25, 0.3) is 0 Å². The van der Waals surface area contributed by atoms with E-state index in [1.165, 1.54) is 30.0 Å². The van der Waals surface area contributed by atoms with Crippen molar-refractivity contribution in [3.63, 3.8) is 0 Å². The van der Waals surface area contributed by atoms with Gasteiger partial charge in [0.05, 0.1) is 11.9 Å². The summed E-state index contributed by atoms with van der Waals surface area (Å²) >= 11 is 4.30. The summed E-state index contributed by atoms with van der Waals surface area (Å²) in [5, 5.41) is 4.08. The fourth-order valence-electron chi connectivity index (χ4n) is 2.66. The maximum absolute atomic E-state index is 5.96. The van der Waals surface area contributed by atoms with Gasteiger partial charge in [-0.25, -0.2) is 4.09 Å². The monoisotopic (exact) mass is 304 g/mol. The van der Waals surface area contributed by atoms with Gasteiger partial charge in [-0.1, -0.05) is 0 Å². The minimum atomic E-state index is 0.678. The molecule has 1 aliphatic heterocycles. The number of thiol groups is 1. The van der Waals surface area contributed by atoms with Crippen LogP contribution in [-0.4, -0.2) is 40.3 Å². The van der Waals surface area contributed by atoms with Crippen LogP contribution in [0, 0.1) is 0 Å². The normalized spacial score (nSPS) is 15.5. The quantitative estimate of drug-likeness (QED) is 0.657. The van der Waals surface area contributed by atoms with E-state index in [0.717, 1.165) is 23.6 Å². The van der Waals surface area contributed by atoms with Gasteiger partial charge < -0.3 is 10.5 Å². The van der Waals surface area contributed by atoms with Gasteiger partial charge in [-0.05, 0) is 63.0 Å². The number of nitrogen functional groups attached to an aromatic ring is 1. The number of rotatable bonds is 5. The van der Waals surface area contributed by atoms with Gasteiger partial charge in [-0.3, -0.25) is 4.90 Å². The average molecular weight is 304 g/mol. The molecule has 2 aromatic rings. The Morgan fingerprint density at radius 3 is 2.76 bits per heavy atom. The second kappa shape index (κ2) is 6.41. The summed E-state index contributed by atoms with van der Waals surface area (Å²) in [6.45, 7) is 4.00. The van der Waals surface area contributed by atoms with Crippen molar-refractivity contribution in [2.45, 2.75) is 12.8 Å². The predicted molar refractivity (Wildman–Crippen MR) is 87.6 cm³/mol. The Hall–Kier alpha value is -1.66. The zero-order valence-corrected chi connectivity index (χ0v) is 12.8. The number of ether oxygens (including phenoxy) is 1. The lowest BCUT2D eigenvalue weighted by Gasteiger charge is -2.16. The third kappa shape index (κ3) is 3.33. The fraction of sp³-hybridized carbons (Fsp3) is 0.400. The molecule has 0 unspecified atom stereocenters. The zero-order chi connectivity index (χ0) is 14.7. The first kappa shape index (κ1) is 14.3. The van der Waals surface area contributed by atoms with Crippen LogP contribution >= 0.6 is 12.8 Å². The van der Waals surface area contributed by atoms with Gasteiger partial charge in [0.2, 0.25) is 0 Å². The molecule has 21 heavy (non-hydrogen) atoms. The molecule has 1 saturated heterocycles. The zero-order valence-electron chi connectivity index (χ0n) is 11.9. The van der Waals surface area contributed by atoms with Crippen LogP contribution in [0.15, 0.2) is 30.5 Å². The Balaban J connectivity index is 1.73. The molecule has 1 aromatic heterocycles. The molecule has 1 aliphatic rings. The van der Waals surface area contributed by atoms with E-state index in [1.54, 1.807) is 6.20 Å². The van der Waals surface area contributed by atoms with E-state index in [0.29, 0.717) is 12.3 Å². The van der Waals surface area contributed by atoms with Gasteiger partial charge in [0.1, 0.15) is 12.4 Å². The third-order valence-electron chi connectivity index (χ3n) is 3.77. The van der Waals surface area contributed by atoms with Crippen LogP contribution in [0.4, 0.5) is 5.69 Å². The van der Waals surface area contributed by atoms with Gasteiger partial charge in [-0.15, -0.1) is 0 Å². The van der Waals surface area contributed by atoms with Crippen LogP contribution in [0.5, 0.6) is 5.75 Å². The highest BCUT2D eigenvalue weighted by atomic mass is 32.1. The summed E-state index contributed by atoms with van der Waals surface area (Å²) < 4.78 is 7.49. The Kier molecular flexibility index (Phi) is 4.36. The second-order valence-electron chi connectivity index (χ2n) is 5.26. The van der Waals surface area contributed by atoms with Crippen molar-refractivity contribution < 1.29 is 4.74 Å². The first-order valence-corrected chi connectivity index (χ1v) is 7.62. The molecule has 5 nitrogen and oxygen atoms in total. The molecule has 0 bridgehead atoms. The van der Waals surface area contributed by atoms with E-state index in [-0.39, 0.29) is 0 Å². The van der Waals surface area contributed by atoms with Gasteiger partial charge >= 0.3 is 0 Å². The van der Waals surface area contributed by atoms with E-state index < -0.39 is 0 Å². The number of benzene rings is 1. The maximum Gasteiger partial charge on any atom is 0.128 e. The molecule has 0 aliphatic carbocycles. The molecule has 1 aromatic carbocycles. The van der Waals surface area contributed by atoms with Crippen LogP contribution in [0.2, 0.25) is 0 Å². The lowest BCUT2D eigenvalue weighted by molar-refractivity contribution is 0.238. The minimum absolute atomic E-state index is 0.678. The highest BCUT2D eigenvalue weighted by molar-refractivity contribution is 7.78. The van der Waals surface area contributed by atoms with Crippen molar-refractivity contribution in [1.82, 2.24) is 14.1 Å². The van der Waals surface area contributed by atoms with Gasteiger partial charge in [-0.2, -0.15) is 5.10 Å². The van der Waals surface area contributed by atoms with Gasteiger partial charge in [0, 0.05) is 17.8 Å². The summed E-state index contributed by atoms with van der Waals surface area (Å²) in [7, 11) is 0. The van der Waals surface area contributed by atoms with Crippen molar-refractivity contribution in [3.8, 4) is 17.0 Å². The minimum Gasteiger partial charge on any atom is -0.492 e. The van der Waals surface area contributed by atoms with E-state index in [9.17, 15) is 0 Å². The number of likely N-dealkylation sites (tertiary alicyclic amines) is 1. The van der Waals surface area contributed by atoms with Crippen molar-refractivity contribution in [2.24, 2.45) is 0 Å². The number of hydrogen-bond acceptors (Lipinski definition) is 5. The van der Waals surface area contributed by atoms with Gasteiger partial charge in [0.15, 0.2) is 0 Å². The summed E-state index contributed by atoms with van der Waals surface area (Å²) in [6, 6.07) is 7.56. The first-order chi connectivity index (χ1) is 10.2. The molecule has 2 heterocycles. The Bertz CT molecular complexity index is 607. The summed E-state index contributed by atoms with van der Waals surface area (Å²) in [4.78, 5) is 2.43. The predicted octanol–water partition coefficient (Wildman–Crippen LogP) is 2.30. The molecular formula is C15H20N4OS. The molecule has 3 rings (SSSR count). The number of anilines is 1. The highest BCUT2D eigenvalue weighted by Gasteiger charge is 2.13. The van der Waals surface area contributed by atoms with Crippen LogP contribution in [0.25, 0.3) is 11.3 Å². The molecule has 0 spiro atoms. The van der Waals surface area contributed by atoms with Crippen molar-refractivity contribution in [1.29, 1.82) is 0 Å².